The number of hydrogen-bond acceptors (Lipinski definition) is 5. The number of amidine groups is 1. The molecule has 2 aromatic rings. The molecule has 0 bridgehead atoms. The van der Waals surface area contributed by atoms with Crippen molar-refractivity contribution in [1.29, 1.82) is 0 Å². The fourth-order valence-corrected chi connectivity index (χ4v) is 3.54. The summed E-state index contributed by atoms with van der Waals surface area (Å²) >= 11 is 0. The van der Waals surface area contributed by atoms with Gasteiger partial charge in [-0.15, -0.1) is 0 Å². The summed E-state index contributed by atoms with van der Waals surface area (Å²) in [6.45, 7) is 8.08. The summed E-state index contributed by atoms with van der Waals surface area (Å²) in [7, 11) is 0. The molecule has 156 valence electrons. The van der Waals surface area contributed by atoms with E-state index in [1.165, 1.54) is 18.4 Å². The summed E-state index contributed by atoms with van der Waals surface area (Å²) in [6.07, 6.45) is 1.45. The zero-order chi connectivity index (χ0) is 20.6. The van der Waals surface area contributed by atoms with Crippen molar-refractivity contribution in [3.8, 4) is 11.5 Å². The Morgan fingerprint density at radius 1 is 1.07 bits per heavy atom. The maximum atomic E-state index is 10.6. The Morgan fingerprint density at radius 2 is 1.79 bits per heavy atom. The molecule has 1 saturated heterocycles. The van der Waals surface area contributed by atoms with Crippen LogP contribution < -0.4 is 15.2 Å². The van der Waals surface area contributed by atoms with Crippen LogP contribution in [0.4, 0.5) is 0 Å². The lowest BCUT2D eigenvalue weighted by Crippen LogP contribution is -2.19. The number of aliphatic hydroxyl groups excluding tert-OH is 1. The van der Waals surface area contributed by atoms with Gasteiger partial charge in [-0.2, -0.15) is 0 Å². The third kappa shape index (κ3) is 5.71. The second-order valence-corrected chi connectivity index (χ2v) is 7.14. The van der Waals surface area contributed by atoms with Crippen LogP contribution in [0.3, 0.4) is 0 Å². The standard InChI is InChI=1S/C23H31N3O3/c1-3-28-20-11-10-19(15-21(20)29-4-2)23(27)25-22(24)18-9-7-8-17(14-18)16-26-12-5-6-13-26/h7-11,14-15,23,27H,3-6,12-13,16H2,1-2H3,(H2,24,25). The Bertz CT molecular complexity index is 832. The van der Waals surface area contributed by atoms with E-state index >= 15 is 0 Å². The molecule has 3 N–H and O–H groups in total. The van der Waals surface area contributed by atoms with Gasteiger partial charge in [0, 0.05) is 17.7 Å². The van der Waals surface area contributed by atoms with Crippen molar-refractivity contribution in [2.45, 2.75) is 39.5 Å². The molecule has 2 aromatic carbocycles. The third-order valence-electron chi connectivity index (χ3n) is 4.95. The quantitative estimate of drug-likeness (QED) is 0.500. The van der Waals surface area contributed by atoms with Gasteiger partial charge < -0.3 is 20.3 Å². The van der Waals surface area contributed by atoms with Crippen LogP contribution in [-0.4, -0.2) is 42.1 Å². The molecule has 1 atom stereocenters. The van der Waals surface area contributed by atoms with E-state index in [1.807, 2.05) is 32.0 Å². The third-order valence-corrected chi connectivity index (χ3v) is 4.95. The number of aliphatic hydroxyl groups is 1. The number of nitrogens with two attached hydrogens (primary N) is 1. The van der Waals surface area contributed by atoms with Crippen LogP contribution >= 0.6 is 0 Å². The Kier molecular flexibility index (Phi) is 7.49. The van der Waals surface area contributed by atoms with Crippen molar-refractivity contribution in [3.63, 3.8) is 0 Å². The fraction of sp³-hybridized carbons (Fsp3) is 0.435. The average molecular weight is 398 g/mol. The lowest BCUT2D eigenvalue weighted by Gasteiger charge is -2.16. The molecule has 1 aliphatic heterocycles. The van der Waals surface area contributed by atoms with Gasteiger partial charge in [0.15, 0.2) is 17.7 Å². The summed E-state index contributed by atoms with van der Waals surface area (Å²) in [5.41, 5.74) is 8.83. The molecule has 0 aromatic heterocycles. The molecular formula is C23H31N3O3. The molecule has 1 aliphatic rings. The molecule has 0 amide bonds. The predicted molar refractivity (Wildman–Crippen MR) is 115 cm³/mol. The topological polar surface area (TPSA) is 80.3 Å². The first-order valence-electron chi connectivity index (χ1n) is 10.3. The van der Waals surface area contributed by atoms with E-state index < -0.39 is 6.23 Å². The van der Waals surface area contributed by atoms with E-state index in [0.717, 1.165) is 25.2 Å². The minimum Gasteiger partial charge on any atom is -0.490 e. The smallest absolute Gasteiger partial charge is 0.173 e. The lowest BCUT2D eigenvalue weighted by atomic mass is 10.1. The highest BCUT2D eigenvalue weighted by atomic mass is 16.5. The SMILES string of the molecule is CCOc1ccc(C(O)/N=C(\N)c2cccc(CN3CCCC3)c2)cc1OCC. The summed E-state index contributed by atoms with van der Waals surface area (Å²) < 4.78 is 11.2. The minimum atomic E-state index is -1.08. The van der Waals surface area contributed by atoms with Crippen LogP contribution in [0.15, 0.2) is 47.5 Å². The molecule has 6 heteroatoms. The van der Waals surface area contributed by atoms with Crippen molar-refractivity contribution in [2.75, 3.05) is 26.3 Å². The number of benzene rings is 2. The molecule has 3 rings (SSSR count). The predicted octanol–water partition coefficient (Wildman–Crippen LogP) is 3.48. The average Bonchev–Trinajstić information content (AvgIpc) is 3.23. The monoisotopic (exact) mass is 397 g/mol. The highest BCUT2D eigenvalue weighted by Crippen LogP contribution is 2.31. The van der Waals surface area contributed by atoms with Gasteiger partial charge >= 0.3 is 0 Å². The highest BCUT2D eigenvalue weighted by Gasteiger charge is 2.14. The second-order valence-electron chi connectivity index (χ2n) is 7.14. The first-order chi connectivity index (χ1) is 14.1. The van der Waals surface area contributed by atoms with Crippen molar-refractivity contribution in [2.24, 2.45) is 10.7 Å². The van der Waals surface area contributed by atoms with Crippen LogP contribution in [0, 0.1) is 0 Å². The first-order valence-corrected chi connectivity index (χ1v) is 10.3. The molecule has 0 radical (unpaired) electrons. The van der Waals surface area contributed by atoms with Crippen LogP contribution in [0.25, 0.3) is 0 Å². The molecule has 6 nitrogen and oxygen atoms in total. The Balaban J connectivity index is 1.75. The van der Waals surface area contributed by atoms with Crippen LogP contribution in [0.5, 0.6) is 11.5 Å². The van der Waals surface area contributed by atoms with Gasteiger partial charge in [-0.1, -0.05) is 24.3 Å². The highest BCUT2D eigenvalue weighted by molar-refractivity contribution is 5.97. The second kappa shape index (κ2) is 10.3. The van der Waals surface area contributed by atoms with E-state index in [9.17, 15) is 5.11 Å². The largest absolute Gasteiger partial charge is 0.490 e. The molecule has 29 heavy (non-hydrogen) atoms. The van der Waals surface area contributed by atoms with Gasteiger partial charge in [0.25, 0.3) is 0 Å². The van der Waals surface area contributed by atoms with Gasteiger partial charge in [-0.05, 0) is 63.5 Å². The summed E-state index contributed by atoms with van der Waals surface area (Å²) in [5.74, 6) is 1.55. The number of rotatable bonds is 9. The molecule has 0 spiro atoms. The maximum absolute atomic E-state index is 10.6. The number of hydrogen-bond donors (Lipinski definition) is 2. The zero-order valence-corrected chi connectivity index (χ0v) is 17.3. The Labute approximate surface area is 173 Å². The number of aliphatic imine (C=N–C) groups is 1. The molecule has 1 unspecified atom stereocenters. The van der Waals surface area contributed by atoms with Gasteiger partial charge in [0.05, 0.1) is 13.2 Å². The normalized spacial score (nSPS) is 16.0. The number of nitrogens with zero attached hydrogens (tertiary/aromatic N) is 2. The Hall–Kier alpha value is -2.57. The molecular weight excluding hydrogens is 366 g/mol. The number of ether oxygens (including phenoxy) is 2. The van der Waals surface area contributed by atoms with Crippen LogP contribution in [0.1, 0.15) is 49.6 Å². The van der Waals surface area contributed by atoms with Crippen molar-refractivity contribution >= 4 is 5.84 Å². The van der Waals surface area contributed by atoms with Gasteiger partial charge in [0.1, 0.15) is 5.84 Å². The molecule has 1 heterocycles. The van der Waals surface area contributed by atoms with Crippen molar-refractivity contribution < 1.29 is 14.6 Å². The lowest BCUT2D eigenvalue weighted by molar-refractivity contribution is 0.187. The minimum absolute atomic E-state index is 0.313. The molecule has 0 saturated carbocycles. The summed E-state index contributed by atoms with van der Waals surface area (Å²) in [5, 5.41) is 10.6. The van der Waals surface area contributed by atoms with Gasteiger partial charge in [-0.3, -0.25) is 4.90 Å². The fourth-order valence-electron chi connectivity index (χ4n) is 3.54. The first kappa shape index (κ1) is 21.1. The van der Waals surface area contributed by atoms with E-state index in [1.54, 1.807) is 18.2 Å². The van der Waals surface area contributed by atoms with E-state index in [-0.39, 0.29) is 0 Å². The van der Waals surface area contributed by atoms with Crippen molar-refractivity contribution in [1.82, 2.24) is 4.90 Å². The zero-order valence-electron chi connectivity index (χ0n) is 17.3. The Morgan fingerprint density at radius 3 is 2.52 bits per heavy atom. The van der Waals surface area contributed by atoms with Crippen LogP contribution in [0.2, 0.25) is 0 Å². The van der Waals surface area contributed by atoms with Crippen LogP contribution in [-0.2, 0) is 6.54 Å². The van der Waals surface area contributed by atoms with Gasteiger partial charge in [-0.25, -0.2) is 4.99 Å². The van der Waals surface area contributed by atoms with Crippen molar-refractivity contribution in [3.05, 3.63) is 59.2 Å². The molecule has 1 fully saturated rings. The van der Waals surface area contributed by atoms with E-state index in [0.29, 0.717) is 36.1 Å². The maximum Gasteiger partial charge on any atom is 0.173 e. The summed E-state index contributed by atoms with van der Waals surface area (Å²) in [6, 6.07) is 13.4. The number of likely N-dealkylation sites (tertiary alicyclic amines) is 1. The molecule has 0 aliphatic carbocycles. The van der Waals surface area contributed by atoms with E-state index in [4.69, 9.17) is 15.2 Å². The van der Waals surface area contributed by atoms with E-state index in [2.05, 4.69) is 16.0 Å². The summed E-state index contributed by atoms with van der Waals surface area (Å²) in [4.78, 5) is 6.75. The van der Waals surface area contributed by atoms with Gasteiger partial charge in [0.2, 0.25) is 0 Å².